The fourth-order valence-electron chi connectivity index (χ4n) is 3.66. The highest BCUT2D eigenvalue weighted by Crippen LogP contribution is 2.26. The first-order valence-corrected chi connectivity index (χ1v) is 8.58. The maximum absolute atomic E-state index is 12.0. The molecule has 2 heterocycles. The summed E-state index contributed by atoms with van der Waals surface area (Å²) in [5.74, 6) is 0.590. The van der Waals surface area contributed by atoms with Gasteiger partial charge in [-0.15, -0.1) is 0 Å². The van der Waals surface area contributed by atoms with E-state index in [0.29, 0.717) is 19.5 Å². The minimum atomic E-state index is -0.300. The Bertz CT molecular complexity index is 959. The van der Waals surface area contributed by atoms with Crippen LogP contribution in [0.4, 0.5) is 0 Å². The topological polar surface area (TPSA) is 75.0 Å². The molecule has 0 radical (unpaired) electrons. The molecule has 1 atom stereocenters. The molecule has 1 aliphatic rings. The number of primary amides is 1. The fourth-order valence-corrected chi connectivity index (χ4v) is 3.66. The normalized spacial score (nSPS) is 17.6. The third kappa shape index (κ3) is 2.81. The van der Waals surface area contributed by atoms with E-state index in [2.05, 4.69) is 48.0 Å². The van der Waals surface area contributed by atoms with E-state index in [1.807, 2.05) is 12.1 Å². The van der Waals surface area contributed by atoms with Crippen molar-refractivity contribution in [1.29, 1.82) is 0 Å². The van der Waals surface area contributed by atoms with Crippen LogP contribution in [0.3, 0.4) is 0 Å². The van der Waals surface area contributed by atoms with E-state index in [1.54, 1.807) is 0 Å². The molecule has 25 heavy (non-hydrogen) atoms. The summed E-state index contributed by atoms with van der Waals surface area (Å²) >= 11 is 0. The molecule has 4 rings (SSSR count). The van der Waals surface area contributed by atoms with Gasteiger partial charge in [-0.1, -0.05) is 30.3 Å². The van der Waals surface area contributed by atoms with Gasteiger partial charge in [-0.25, -0.2) is 4.98 Å². The molecule has 3 N–H and O–H groups in total. The van der Waals surface area contributed by atoms with Crippen LogP contribution in [0.15, 0.2) is 36.4 Å². The molecule has 1 unspecified atom stereocenters. The number of benzene rings is 2. The van der Waals surface area contributed by atoms with Crippen LogP contribution in [0.25, 0.3) is 11.0 Å². The molecule has 128 valence electrons. The first-order chi connectivity index (χ1) is 12.0. The van der Waals surface area contributed by atoms with Crippen molar-refractivity contribution in [2.24, 2.45) is 5.73 Å². The van der Waals surface area contributed by atoms with Crippen LogP contribution in [-0.2, 0) is 24.3 Å². The molecule has 0 saturated carbocycles. The highest BCUT2D eigenvalue weighted by Gasteiger charge is 2.30. The number of nitrogens with two attached hydrogens (primary N) is 1. The first-order valence-electron chi connectivity index (χ1n) is 8.58. The lowest BCUT2D eigenvalue weighted by atomic mass is 9.93. The number of rotatable bonds is 3. The third-order valence-electron chi connectivity index (χ3n) is 5.25. The Labute approximate surface area is 146 Å². The Morgan fingerprint density at radius 1 is 1.24 bits per heavy atom. The van der Waals surface area contributed by atoms with Gasteiger partial charge in [-0.2, -0.15) is 0 Å². The molecule has 1 aliphatic heterocycles. The predicted molar refractivity (Wildman–Crippen MR) is 97.9 cm³/mol. The van der Waals surface area contributed by atoms with Crippen molar-refractivity contribution < 1.29 is 4.79 Å². The van der Waals surface area contributed by atoms with Crippen molar-refractivity contribution in [2.75, 3.05) is 0 Å². The van der Waals surface area contributed by atoms with Crippen LogP contribution in [0.1, 0.15) is 28.1 Å². The molecule has 3 aromatic rings. The van der Waals surface area contributed by atoms with Gasteiger partial charge >= 0.3 is 0 Å². The SMILES string of the molecule is Cc1ccc2[nH]c(CN3Cc4ccccc4CC3C(N)=O)nc2c1C. The smallest absolute Gasteiger partial charge is 0.235 e. The summed E-state index contributed by atoms with van der Waals surface area (Å²) in [5.41, 5.74) is 12.6. The first kappa shape index (κ1) is 15.8. The molecule has 0 aliphatic carbocycles. The zero-order valence-corrected chi connectivity index (χ0v) is 14.5. The van der Waals surface area contributed by atoms with E-state index in [9.17, 15) is 4.79 Å². The molecular formula is C20H22N4O. The summed E-state index contributed by atoms with van der Waals surface area (Å²) in [6.45, 7) is 5.47. The van der Waals surface area contributed by atoms with E-state index in [1.165, 1.54) is 22.3 Å². The van der Waals surface area contributed by atoms with E-state index < -0.39 is 0 Å². The number of fused-ring (bicyclic) bond motifs is 2. The average molecular weight is 334 g/mol. The lowest BCUT2D eigenvalue weighted by Crippen LogP contribution is -2.48. The van der Waals surface area contributed by atoms with Gasteiger partial charge in [-0.05, 0) is 48.6 Å². The Morgan fingerprint density at radius 2 is 2.00 bits per heavy atom. The second-order valence-corrected chi connectivity index (χ2v) is 6.88. The number of H-pyrrole nitrogens is 1. The summed E-state index contributed by atoms with van der Waals surface area (Å²) in [6.07, 6.45) is 0.657. The van der Waals surface area contributed by atoms with Crippen LogP contribution in [0, 0.1) is 13.8 Å². The van der Waals surface area contributed by atoms with Gasteiger partial charge in [0.15, 0.2) is 0 Å². The number of nitrogens with zero attached hydrogens (tertiary/aromatic N) is 2. The average Bonchev–Trinajstić information content (AvgIpc) is 3.01. The van der Waals surface area contributed by atoms with Crippen LogP contribution in [-0.4, -0.2) is 26.8 Å². The van der Waals surface area contributed by atoms with Crippen molar-refractivity contribution in [2.45, 2.75) is 39.4 Å². The van der Waals surface area contributed by atoms with Gasteiger partial charge in [0.25, 0.3) is 0 Å². The lowest BCUT2D eigenvalue weighted by molar-refractivity contribution is -0.124. The van der Waals surface area contributed by atoms with Crippen LogP contribution in [0.2, 0.25) is 0 Å². The molecule has 1 aromatic heterocycles. The quantitative estimate of drug-likeness (QED) is 0.773. The number of aromatic amines is 1. The lowest BCUT2D eigenvalue weighted by Gasteiger charge is -2.34. The molecule has 0 fully saturated rings. The molecule has 2 aromatic carbocycles. The number of hydrogen-bond acceptors (Lipinski definition) is 3. The summed E-state index contributed by atoms with van der Waals surface area (Å²) in [5, 5.41) is 0. The van der Waals surface area contributed by atoms with Crippen molar-refractivity contribution in [3.05, 3.63) is 64.5 Å². The van der Waals surface area contributed by atoms with Gasteiger partial charge in [0.1, 0.15) is 5.82 Å². The second kappa shape index (κ2) is 6.01. The van der Waals surface area contributed by atoms with Gasteiger partial charge in [0.05, 0.1) is 23.6 Å². The minimum absolute atomic E-state index is 0.280. The Morgan fingerprint density at radius 3 is 2.76 bits per heavy atom. The van der Waals surface area contributed by atoms with Gasteiger partial charge in [-0.3, -0.25) is 9.69 Å². The third-order valence-corrected chi connectivity index (χ3v) is 5.25. The van der Waals surface area contributed by atoms with Crippen molar-refractivity contribution in [3.63, 3.8) is 0 Å². The van der Waals surface area contributed by atoms with Crippen LogP contribution in [0.5, 0.6) is 0 Å². The van der Waals surface area contributed by atoms with Crippen molar-refractivity contribution in [3.8, 4) is 0 Å². The summed E-state index contributed by atoms with van der Waals surface area (Å²) in [6, 6.07) is 12.1. The maximum atomic E-state index is 12.0. The largest absolute Gasteiger partial charge is 0.368 e. The zero-order chi connectivity index (χ0) is 17.6. The second-order valence-electron chi connectivity index (χ2n) is 6.88. The van der Waals surface area contributed by atoms with E-state index in [-0.39, 0.29) is 11.9 Å². The molecule has 5 nitrogen and oxygen atoms in total. The van der Waals surface area contributed by atoms with E-state index >= 15 is 0 Å². The van der Waals surface area contributed by atoms with Gasteiger partial charge in [0.2, 0.25) is 5.91 Å². The Hall–Kier alpha value is -2.66. The van der Waals surface area contributed by atoms with Crippen LogP contribution < -0.4 is 5.73 Å². The summed E-state index contributed by atoms with van der Waals surface area (Å²) in [7, 11) is 0. The monoisotopic (exact) mass is 334 g/mol. The number of carbonyl (C=O) groups excluding carboxylic acids is 1. The highest BCUT2D eigenvalue weighted by atomic mass is 16.1. The van der Waals surface area contributed by atoms with Gasteiger partial charge in [0, 0.05) is 6.54 Å². The number of nitrogens with one attached hydrogen (secondary N) is 1. The Balaban J connectivity index is 1.67. The molecule has 0 saturated heterocycles. The van der Waals surface area contributed by atoms with Crippen molar-refractivity contribution in [1.82, 2.24) is 14.9 Å². The number of aryl methyl sites for hydroxylation is 2. The molecule has 0 bridgehead atoms. The molecule has 5 heteroatoms. The van der Waals surface area contributed by atoms with E-state index in [0.717, 1.165) is 16.9 Å². The van der Waals surface area contributed by atoms with Crippen LogP contribution >= 0.6 is 0 Å². The summed E-state index contributed by atoms with van der Waals surface area (Å²) < 4.78 is 0. The van der Waals surface area contributed by atoms with Gasteiger partial charge < -0.3 is 10.7 Å². The van der Waals surface area contributed by atoms with E-state index in [4.69, 9.17) is 10.7 Å². The number of carbonyl (C=O) groups is 1. The Kier molecular flexibility index (Phi) is 3.81. The zero-order valence-electron chi connectivity index (χ0n) is 14.5. The maximum Gasteiger partial charge on any atom is 0.235 e. The molecular weight excluding hydrogens is 312 g/mol. The minimum Gasteiger partial charge on any atom is -0.368 e. The summed E-state index contributed by atoms with van der Waals surface area (Å²) in [4.78, 5) is 22.3. The number of aromatic nitrogens is 2. The fraction of sp³-hybridized carbons (Fsp3) is 0.300. The standard InChI is InChI=1S/C20H22N4O/c1-12-7-8-16-19(13(12)2)23-18(22-16)11-24-10-15-6-4-3-5-14(15)9-17(24)20(21)25/h3-8,17H,9-11H2,1-2H3,(H2,21,25)(H,22,23). The molecule has 0 spiro atoms. The van der Waals surface area contributed by atoms with Crippen molar-refractivity contribution >= 4 is 16.9 Å². The number of amides is 1. The highest BCUT2D eigenvalue weighted by molar-refractivity contribution is 5.81. The molecule has 1 amide bonds. The number of imidazole rings is 1. The number of hydrogen-bond donors (Lipinski definition) is 2. The predicted octanol–water partition coefficient (Wildman–Crippen LogP) is 2.59.